The van der Waals surface area contributed by atoms with E-state index in [1.165, 1.54) is 0 Å². The van der Waals surface area contributed by atoms with Crippen LogP contribution in [0.2, 0.25) is 0 Å². The molecule has 2 N–H and O–H groups in total. The molecule has 1 aliphatic rings. The minimum absolute atomic E-state index is 0.290. The van der Waals surface area contributed by atoms with Crippen LogP contribution in [0.3, 0.4) is 0 Å². The van der Waals surface area contributed by atoms with E-state index in [-0.39, 0.29) is 5.91 Å². The number of para-hydroxylation sites is 1. The van der Waals surface area contributed by atoms with Gasteiger partial charge in [-0.2, -0.15) is 5.10 Å². The summed E-state index contributed by atoms with van der Waals surface area (Å²) in [6.45, 7) is 2.82. The first-order valence-electron chi connectivity index (χ1n) is 9.76. The molecule has 0 aliphatic carbocycles. The lowest BCUT2D eigenvalue weighted by Gasteiger charge is -2.15. The van der Waals surface area contributed by atoms with Crippen molar-refractivity contribution in [1.82, 2.24) is 10.4 Å². The summed E-state index contributed by atoms with van der Waals surface area (Å²) in [5, 5.41) is 5.05. The zero-order valence-corrected chi connectivity index (χ0v) is 16.4. The number of hydrogen-bond donors (Lipinski definition) is 2. The number of aromatic amines is 1. The van der Waals surface area contributed by atoms with Gasteiger partial charge >= 0.3 is 0 Å². The van der Waals surface area contributed by atoms with Gasteiger partial charge in [0.05, 0.1) is 43.7 Å². The monoisotopic (exact) mass is 409 g/mol. The van der Waals surface area contributed by atoms with Crippen LogP contribution in [-0.4, -0.2) is 56.7 Å². The summed E-state index contributed by atoms with van der Waals surface area (Å²) in [4.78, 5) is 15.6. The van der Waals surface area contributed by atoms with E-state index in [0.29, 0.717) is 56.7 Å². The lowest BCUT2D eigenvalue weighted by Crippen LogP contribution is -2.18. The van der Waals surface area contributed by atoms with Crippen LogP contribution in [0.4, 0.5) is 0 Å². The fourth-order valence-electron chi connectivity index (χ4n) is 3.08. The molecule has 0 spiro atoms. The van der Waals surface area contributed by atoms with E-state index in [0.717, 1.165) is 16.5 Å². The van der Waals surface area contributed by atoms with Crippen LogP contribution < -0.4 is 14.9 Å². The number of rotatable bonds is 3. The maximum Gasteiger partial charge on any atom is 0.273 e. The predicted molar refractivity (Wildman–Crippen MR) is 112 cm³/mol. The number of aromatic nitrogens is 1. The first-order chi connectivity index (χ1) is 14.8. The summed E-state index contributed by atoms with van der Waals surface area (Å²) in [6.07, 6.45) is 3.36. The van der Waals surface area contributed by atoms with Crippen molar-refractivity contribution < 1.29 is 23.7 Å². The number of amides is 1. The molecule has 1 aliphatic heterocycles. The molecule has 2 heterocycles. The number of ether oxygens (including phenoxy) is 4. The highest BCUT2D eigenvalue weighted by Crippen LogP contribution is 2.28. The SMILES string of the molecule is O=C(N/N=C/c1ccc2c(c1)OCCOCCOCCO2)c1cccc2cc[nH]c12. The summed E-state index contributed by atoms with van der Waals surface area (Å²) >= 11 is 0. The van der Waals surface area contributed by atoms with E-state index in [1.807, 2.05) is 36.4 Å². The average Bonchev–Trinajstić information content (AvgIpc) is 3.23. The lowest BCUT2D eigenvalue weighted by molar-refractivity contribution is 0.0223. The second-order valence-electron chi connectivity index (χ2n) is 6.57. The van der Waals surface area contributed by atoms with Gasteiger partial charge in [0.15, 0.2) is 11.5 Å². The Labute approximate surface area is 173 Å². The Hall–Kier alpha value is -3.36. The molecule has 3 aromatic rings. The van der Waals surface area contributed by atoms with Gasteiger partial charge < -0.3 is 23.9 Å². The standard InChI is InChI=1S/C22H23N3O5/c26-22(18-3-1-2-17-6-7-23-21(17)18)25-24-15-16-4-5-19-20(14-16)30-13-11-28-9-8-27-10-12-29-19/h1-7,14-15,23H,8-13H2,(H,25,26)/b24-15+. The van der Waals surface area contributed by atoms with Gasteiger partial charge in [-0.3, -0.25) is 4.79 Å². The molecule has 156 valence electrons. The third kappa shape index (κ3) is 4.97. The van der Waals surface area contributed by atoms with Crippen molar-refractivity contribution in [3.05, 3.63) is 59.8 Å². The first kappa shape index (κ1) is 19.9. The number of fused-ring (bicyclic) bond motifs is 2. The highest BCUT2D eigenvalue weighted by Gasteiger charge is 2.10. The molecule has 1 amide bonds. The van der Waals surface area contributed by atoms with Crippen LogP contribution in [0.15, 0.2) is 53.8 Å². The molecule has 0 radical (unpaired) electrons. The van der Waals surface area contributed by atoms with Crippen molar-refractivity contribution in [2.24, 2.45) is 5.10 Å². The van der Waals surface area contributed by atoms with Crippen LogP contribution in [0.25, 0.3) is 10.9 Å². The number of carbonyl (C=O) groups is 1. The fraction of sp³-hybridized carbons (Fsp3) is 0.273. The van der Waals surface area contributed by atoms with Crippen LogP contribution in [0.1, 0.15) is 15.9 Å². The van der Waals surface area contributed by atoms with Gasteiger partial charge in [-0.05, 0) is 35.9 Å². The van der Waals surface area contributed by atoms with Crippen LogP contribution in [0.5, 0.6) is 11.5 Å². The Morgan fingerprint density at radius 2 is 1.70 bits per heavy atom. The van der Waals surface area contributed by atoms with Gasteiger partial charge in [0, 0.05) is 11.6 Å². The first-order valence-corrected chi connectivity index (χ1v) is 9.76. The highest BCUT2D eigenvalue weighted by molar-refractivity contribution is 6.05. The Balaban J connectivity index is 1.43. The van der Waals surface area contributed by atoms with Gasteiger partial charge in [0.25, 0.3) is 5.91 Å². The van der Waals surface area contributed by atoms with E-state index >= 15 is 0 Å². The fourth-order valence-corrected chi connectivity index (χ4v) is 3.08. The summed E-state index contributed by atoms with van der Waals surface area (Å²) in [5.74, 6) is 0.923. The minimum atomic E-state index is -0.290. The molecule has 0 saturated carbocycles. The minimum Gasteiger partial charge on any atom is -0.487 e. The zero-order valence-electron chi connectivity index (χ0n) is 16.4. The molecular formula is C22H23N3O5. The maximum atomic E-state index is 12.5. The van der Waals surface area contributed by atoms with E-state index < -0.39 is 0 Å². The van der Waals surface area contributed by atoms with Crippen molar-refractivity contribution in [3.8, 4) is 11.5 Å². The van der Waals surface area contributed by atoms with E-state index in [2.05, 4.69) is 15.5 Å². The molecule has 2 aromatic carbocycles. The number of nitrogens with zero attached hydrogens (tertiary/aromatic N) is 1. The van der Waals surface area contributed by atoms with E-state index in [1.54, 1.807) is 18.5 Å². The molecule has 0 fully saturated rings. The van der Waals surface area contributed by atoms with Crippen molar-refractivity contribution in [2.45, 2.75) is 0 Å². The molecule has 0 bridgehead atoms. The quantitative estimate of drug-likeness (QED) is 0.512. The Kier molecular flexibility index (Phi) is 6.58. The number of H-pyrrole nitrogens is 1. The third-order valence-electron chi connectivity index (χ3n) is 4.52. The summed E-state index contributed by atoms with van der Waals surface area (Å²) in [5.41, 5.74) is 4.64. The number of nitrogens with one attached hydrogen (secondary N) is 2. The topological polar surface area (TPSA) is 94.2 Å². The predicted octanol–water partition coefficient (Wildman–Crippen LogP) is 2.74. The molecule has 0 saturated heterocycles. The van der Waals surface area contributed by atoms with Crippen LogP contribution >= 0.6 is 0 Å². The summed E-state index contributed by atoms with van der Waals surface area (Å²) in [6, 6.07) is 12.9. The van der Waals surface area contributed by atoms with Gasteiger partial charge in [0.2, 0.25) is 0 Å². The van der Waals surface area contributed by atoms with Gasteiger partial charge in [0.1, 0.15) is 13.2 Å². The largest absolute Gasteiger partial charge is 0.487 e. The number of hydrazone groups is 1. The van der Waals surface area contributed by atoms with Crippen molar-refractivity contribution in [3.63, 3.8) is 0 Å². The molecular weight excluding hydrogens is 386 g/mol. The Bertz CT molecular complexity index is 1030. The normalized spacial score (nSPS) is 15.5. The highest BCUT2D eigenvalue weighted by atomic mass is 16.6. The summed E-state index contributed by atoms with van der Waals surface area (Å²) in [7, 11) is 0. The molecule has 0 unspecified atom stereocenters. The Morgan fingerprint density at radius 1 is 0.933 bits per heavy atom. The average molecular weight is 409 g/mol. The van der Waals surface area contributed by atoms with Gasteiger partial charge in [-0.1, -0.05) is 12.1 Å². The van der Waals surface area contributed by atoms with Crippen LogP contribution in [-0.2, 0) is 9.47 Å². The smallest absolute Gasteiger partial charge is 0.273 e. The molecule has 1 aromatic heterocycles. The molecule has 8 heteroatoms. The van der Waals surface area contributed by atoms with Crippen molar-refractivity contribution in [2.75, 3.05) is 39.6 Å². The lowest BCUT2D eigenvalue weighted by atomic mass is 10.1. The Morgan fingerprint density at radius 3 is 2.53 bits per heavy atom. The van der Waals surface area contributed by atoms with Gasteiger partial charge in [-0.15, -0.1) is 0 Å². The van der Waals surface area contributed by atoms with Crippen molar-refractivity contribution in [1.29, 1.82) is 0 Å². The molecule has 30 heavy (non-hydrogen) atoms. The number of carbonyl (C=O) groups excluding carboxylic acids is 1. The van der Waals surface area contributed by atoms with Gasteiger partial charge in [-0.25, -0.2) is 5.43 Å². The van der Waals surface area contributed by atoms with E-state index in [4.69, 9.17) is 18.9 Å². The van der Waals surface area contributed by atoms with Crippen molar-refractivity contribution >= 4 is 23.0 Å². The second kappa shape index (κ2) is 9.91. The number of benzene rings is 2. The maximum absolute atomic E-state index is 12.5. The molecule has 4 rings (SSSR count). The van der Waals surface area contributed by atoms with Crippen LogP contribution in [0, 0.1) is 0 Å². The zero-order chi connectivity index (χ0) is 20.6. The third-order valence-corrected chi connectivity index (χ3v) is 4.52. The molecule has 8 nitrogen and oxygen atoms in total. The summed E-state index contributed by atoms with van der Waals surface area (Å²) < 4.78 is 22.4. The number of hydrogen-bond acceptors (Lipinski definition) is 6. The molecule has 0 atom stereocenters. The van der Waals surface area contributed by atoms with E-state index in [9.17, 15) is 4.79 Å². The second-order valence-corrected chi connectivity index (χ2v) is 6.57.